The van der Waals surface area contributed by atoms with Crippen molar-refractivity contribution in [2.45, 2.75) is 26.2 Å². The lowest BCUT2D eigenvalue weighted by molar-refractivity contribution is 0.262. The fourth-order valence-corrected chi connectivity index (χ4v) is 2.17. The third kappa shape index (κ3) is 4.52. The number of aryl methyl sites for hydroxylation is 1. The number of hydrogen-bond donors (Lipinski definition) is 2. The number of anilines is 2. The van der Waals surface area contributed by atoms with Crippen LogP contribution >= 0.6 is 0 Å². The summed E-state index contributed by atoms with van der Waals surface area (Å²) < 4.78 is 5.21. The molecule has 0 aliphatic rings. The monoisotopic (exact) mass is 298 g/mol. The Balaban J connectivity index is 1.94. The van der Waals surface area contributed by atoms with Gasteiger partial charge in [0.15, 0.2) is 0 Å². The van der Waals surface area contributed by atoms with Crippen LogP contribution in [0.4, 0.5) is 16.2 Å². The summed E-state index contributed by atoms with van der Waals surface area (Å²) in [6, 6.07) is 15.0. The first kappa shape index (κ1) is 15.9. The lowest BCUT2D eigenvalue weighted by Crippen LogP contribution is -2.19. The van der Waals surface area contributed by atoms with Crippen LogP contribution in [0.15, 0.2) is 48.5 Å². The van der Waals surface area contributed by atoms with Gasteiger partial charge in [-0.05, 0) is 42.7 Å². The van der Waals surface area contributed by atoms with Crippen molar-refractivity contribution in [2.75, 3.05) is 17.7 Å². The van der Waals surface area contributed by atoms with Gasteiger partial charge in [0.1, 0.15) is 5.75 Å². The van der Waals surface area contributed by atoms with Crippen molar-refractivity contribution in [3.63, 3.8) is 0 Å². The van der Waals surface area contributed by atoms with Crippen LogP contribution in [-0.4, -0.2) is 13.1 Å². The number of urea groups is 1. The molecule has 0 unspecified atom stereocenters. The molecule has 2 rings (SSSR count). The molecule has 0 heterocycles. The molecule has 0 aromatic heterocycles. The summed E-state index contributed by atoms with van der Waals surface area (Å²) in [6.45, 7) is 2.18. The van der Waals surface area contributed by atoms with E-state index in [0.717, 1.165) is 12.1 Å². The number of nitrogens with one attached hydrogen (secondary N) is 2. The maximum Gasteiger partial charge on any atom is 0.323 e. The zero-order valence-corrected chi connectivity index (χ0v) is 13.1. The number of rotatable bonds is 6. The fourth-order valence-electron chi connectivity index (χ4n) is 2.17. The first-order chi connectivity index (χ1) is 10.7. The normalized spacial score (nSPS) is 10.1. The number of carbonyl (C=O) groups is 1. The first-order valence-corrected chi connectivity index (χ1v) is 7.53. The summed E-state index contributed by atoms with van der Waals surface area (Å²) in [7, 11) is 1.58. The highest BCUT2D eigenvalue weighted by Crippen LogP contribution is 2.23. The molecular formula is C18H22N2O2. The zero-order valence-electron chi connectivity index (χ0n) is 13.1. The second kappa shape index (κ2) is 8.08. The molecule has 0 saturated carbocycles. The molecule has 2 aromatic rings. The first-order valence-electron chi connectivity index (χ1n) is 7.53. The van der Waals surface area contributed by atoms with Gasteiger partial charge in [-0.3, -0.25) is 0 Å². The molecule has 0 aliphatic heterocycles. The molecule has 0 saturated heterocycles. The number of para-hydroxylation sites is 2. The Bertz CT molecular complexity index is 609. The summed E-state index contributed by atoms with van der Waals surface area (Å²) in [4.78, 5) is 12.0. The van der Waals surface area contributed by atoms with Gasteiger partial charge in [-0.1, -0.05) is 37.6 Å². The number of unbranched alkanes of at least 4 members (excludes halogenated alkanes) is 1. The summed E-state index contributed by atoms with van der Waals surface area (Å²) in [5.74, 6) is 0.632. The molecule has 0 fully saturated rings. The SMILES string of the molecule is CCCCc1ccc(NC(=O)Nc2ccccc2OC)cc1. The minimum Gasteiger partial charge on any atom is -0.495 e. The molecular weight excluding hydrogens is 276 g/mol. The molecule has 2 aromatic carbocycles. The Kier molecular flexibility index (Phi) is 5.83. The number of ether oxygens (including phenoxy) is 1. The van der Waals surface area contributed by atoms with Crippen LogP contribution in [0.5, 0.6) is 5.75 Å². The Morgan fingerprint density at radius 2 is 1.77 bits per heavy atom. The van der Waals surface area contributed by atoms with E-state index in [9.17, 15) is 4.79 Å². The van der Waals surface area contributed by atoms with Gasteiger partial charge in [-0.25, -0.2) is 4.79 Å². The molecule has 4 heteroatoms. The van der Waals surface area contributed by atoms with Gasteiger partial charge in [-0.15, -0.1) is 0 Å². The quantitative estimate of drug-likeness (QED) is 0.813. The predicted octanol–water partition coefficient (Wildman–Crippen LogP) is 4.68. The van der Waals surface area contributed by atoms with Gasteiger partial charge in [0.05, 0.1) is 12.8 Å². The lowest BCUT2D eigenvalue weighted by Gasteiger charge is -2.11. The van der Waals surface area contributed by atoms with E-state index in [0.29, 0.717) is 11.4 Å². The molecule has 0 radical (unpaired) electrons. The summed E-state index contributed by atoms with van der Waals surface area (Å²) in [6.07, 6.45) is 3.44. The third-order valence-corrected chi connectivity index (χ3v) is 3.39. The van der Waals surface area contributed by atoms with Crippen LogP contribution in [0.1, 0.15) is 25.3 Å². The maximum atomic E-state index is 12.0. The van der Waals surface area contributed by atoms with Crippen molar-refractivity contribution in [3.8, 4) is 5.75 Å². The molecule has 116 valence electrons. The highest BCUT2D eigenvalue weighted by molar-refractivity contribution is 6.00. The van der Waals surface area contributed by atoms with Crippen LogP contribution in [-0.2, 0) is 6.42 Å². The second-order valence-corrected chi connectivity index (χ2v) is 5.08. The molecule has 22 heavy (non-hydrogen) atoms. The van der Waals surface area contributed by atoms with Gasteiger partial charge in [-0.2, -0.15) is 0 Å². The Morgan fingerprint density at radius 1 is 1.05 bits per heavy atom. The van der Waals surface area contributed by atoms with E-state index < -0.39 is 0 Å². The van der Waals surface area contributed by atoms with Crippen LogP contribution in [0.25, 0.3) is 0 Å². The van der Waals surface area contributed by atoms with Gasteiger partial charge in [0, 0.05) is 5.69 Å². The third-order valence-electron chi connectivity index (χ3n) is 3.39. The van der Waals surface area contributed by atoms with Crippen LogP contribution in [0.2, 0.25) is 0 Å². The number of methoxy groups -OCH3 is 1. The summed E-state index contributed by atoms with van der Waals surface area (Å²) in [5, 5.41) is 5.60. The second-order valence-electron chi connectivity index (χ2n) is 5.08. The highest BCUT2D eigenvalue weighted by Gasteiger charge is 2.06. The van der Waals surface area contributed by atoms with Crippen molar-refractivity contribution >= 4 is 17.4 Å². The molecule has 2 N–H and O–H groups in total. The number of carbonyl (C=O) groups excluding carboxylic acids is 1. The van der Waals surface area contributed by atoms with Crippen molar-refractivity contribution in [1.29, 1.82) is 0 Å². The van der Waals surface area contributed by atoms with Gasteiger partial charge in [0.2, 0.25) is 0 Å². The van der Waals surface area contributed by atoms with Crippen molar-refractivity contribution in [2.24, 2.45) is 0 Å². The van der Waals surface area contributed by atoms with E-state index in [1.165, 1.54) is 18.4 Å². The van der Waals surface area contributed by atoms with Crippen molar-refractivity contribution < 1.29 is 9.53 Å². The lowest BCUT2D eigenvalue weighted by atomic mass is 10.1. The number of hydrogen-bond acceptors (Lipinski definition) is 2. The van der Waals surface area contributed by atoms with Crippen LogP contribution in [0.3, 0.4) is 0 Å². The van der Waals surface area contributed by atoms with E-state index in [2.05, 4.69) is 17.6 Å². The van der Waals surface area contributed by atoms with Crippen molar-refractivity contribution in [1.82, 2.24) is 0 Å². The van der Waals surface area contributed by atoms with Crippen LogP contribution < -0.4 is 15.4 Å². The molecule has 0 aliphatic carbocycles. The standard InChI is InChI=1S/C18H22N2O2/c1-3-4-7-14-10-12-15(13-11-14)19-18(21)20-16-8-5-6-9-17(16)22-2/h5-6,8-13H,3-4,7H2,1-2H3,(H2,19,20,21). The van der Waals surface area contributed by atoms with E-state index in [1.807, 2.05) is 36.4 Å². The fraction of sp³-hybridized carbons (Fsp3) is 0.278. The average molecular weight is 298 g/mol. The molecule has 0 bridgehead atoms. The van der Waals surface area contributed by atoms with Gasteiger partial charge in [0.25, 0.3) is 0 Å². The summed E-state index contributed by atoms with van der Waals surface area (Å²) in [5.41, 5.74) is 2.70. The zero-order chi connectivity index (χ0) is 15.8. The Labute approximate surface area is 131 Å². The smallest absolute Gasteiger partial charge is 0.323 e. The number of amides is 2. The van der Waals surface area contributed by atoms with E-state index in [1.54, 1.807) is 19.2 Å². The minimum absolute atomic E-state index is 0.286. The average Bonchev–Trinajstić information content (AvgIpc) is 2.54. The van der Waals surface area contributed by atoms with Gasteiger partial charge >= 0.3 is 6.03 Å². The minimum atomic E-state index is -0.286. The van der Waals surface area contributed by atoms with Crippen molar-refractivity contribution in [3.05, 3.63) is 54.1 Å². The molecule has 4 nitrogen and oxygen atoms in total. The molecule has 0 spiro atoms. The molecule has 0 atom stereocenters. The largest absolute Gasteiger partial charge is 0.495 e. The topological polar surface area (TPSA) is 50.4 Å². The van der Waals surface area contributed by atoms with E-state index in [4.69, 9.17) is 4.74 Å². The number of benzene rings is 2. The van der Waals surface area contributed by atoms with Gasteiger partial charge < -0.3 is 15.4 Å². The Hall–Kier alpha value is -2.49. The maximum absolute atomic E-state index is 12.0. The van der Waals surface area contributed by atoms with Crippen LogP contribution in [0, 0.1) is 0 Å². The van der Waals surface area contributed by atoms with E-state index in [-0.39, 0.29) is 6.03 Å². The molecule has 2 amide bonds. The van der Waals surface area contributed by atoms with E-state index >= 15 is 0 Å². The highest BCUT2D eigenvalue weighted by atomic mass is 16.5. The Morgan fingerprint density at radius 3 is 2.45 bits per heavy atom. The summed E-state index contributed by atoms with van der Waals surface area (Å²) >= 11 is 0. The predicted molar refractivity (Wildman–Crippen MR) is 90.7 cm³/mol.